The van der Waals surface area contributed by atoms with Crippen LogP contribution in [0.15, 0.2) is 36.0 Å². The minimum absolute atomic E-state index is 0.0736. The van der Waals surface area contributed by atoms with E-state index in [4.69, 9.17) is 0 Å². The van der Waals surface area contributed by atoms with E-state index >= 15 is 0 Å². The van der Waals surface area contributed by atoms with Crippen molar-refractivity contribution >= 4 is 11.6 Å². The lowest BCUT2D eigenvalue weighted by atomic mass is 10.2. The van der Waals surface area contributed by atoms with E-state index in [1.165, 1.54) is 5.56 Å². The molecule has 78 valence electrons. The number of anilines is 1. The second kappa shape index (κ2) is 3.77. The van der Waals surface area contributed by atoms with Gasteiger partial charge >= 0.3 is 0 Å². The lowest BCUT2D eigenvalue weighted by Crippen LogP contribution is -2.44. The van der Waals surface area contributed by atoms with Crippen molar-refractivity contribution in [2.75, 3.05) is 5.01 Å². The molecule has 0 fully saturated rings. The first kappa shape index (κ1) is 9.77. The molecule has 1 aromatic rings. The fourth-order valence-electron chi connectivity index (χ4n) is 1.52. The highest BCUT2D eigenvalue weighted by molar-refractivity contribution is 5.94. The molecule has 0 radical (unpaired) electrons. The van der Waals surface area contributed by atoms with Crippen LogP contribution in [-0.2, 0) is 4.79 Å². The van der Waals surface area contributed by atoms with E-state index in [0.717, 1.165) is 11.4 Å². The molecule has 0 saturated carbocycles. The Kier molecular flexibility index (Phi) is 2.46. The van der Waals surface area contributed by atoms with Crippen molar-refractivity contribution in [2.45, 2.75) is 20.3 Å². The maximum absolute atomic E-state index is 11.6. The van der Waals surface area contributed by atoms with E-state index in [-0.39, 0.29) is 5.91 Å². The molecule has 1 aliphatic heterocycles. The zero-order chi connectivity index (χ0) is 10.8. The number of carbonyl (C=O) groups excluding carboxylic acids is 1. The predicted molar refractivity (Wildman–Crippen MR) is 60.2 cm³/mol. The smallest absolute Gasteiger partial charge is 0.249 e. The molecule has 0 aliphatic carbocycles. The first-order valence-electron chi connectivity index (χ1n) is 5.00. The van der Waals surface area contributed by atoms with E-state index < -0.39 is 0 Å². The molecule has 0 aromatic heterocycles. The zero-order valence-electron chi connectivity index (χ0n) is 8.95. The topological polar surface area (TPSA) is 32.3 Å². The second-order valence-corrected chi connectivity index (χ2v) is 3.77. The van der Waals surface area contributed by atoms with Gasteiger partial charge in [-0.25, -0.2) is 5.01 Å². The van der Waals surface area contributed by atoms with Gasteiger partial charge in [-0.05, 0) is 26.0 Å². The summed E-state index contributed by atoms with van der Waals surface area (Å²) >= 11 is 0. The number of allylic oxidation sites excluding steroid dienone is 1. The molecule has 3 nitrogen and oxygen atoms in total. The number of hydrogen-bond donors (Lipinski definition) is 1. The average molecular weight is 202 g/mol. The number of benzene rings is 1. The summed E-state index contributed by atoms with van der Waals surface area (Å²) in [5, 5.41) is 1.59. The van der Waals surface area contributed by atoms with Crippen LogP contribution in [0, 0.1) is 6.92 Å². The van der Waals surface area contributed by atoms with E-state index in [1.807, 2.05) is 44.2 Å². The van der Waals surface area contributed by atoms with Gasteiger partial charge in [0.15, 0.2) is 0 Å². The standard InChI is InChI=1S/C12H14N2O/c1-9-3-6-11(7-4-9)14-12(15)8-5-10(2)13-14/h3-7,13H,8H2,1-2H3. The SMILES string of the molecule is CC1=CCC(=O)N(c2ccc(C)cc2)N1. The van der Waals surface area contributed by atoms with Crippen LogP contribution in [0.4, 0.5) is 5.69 Å². The normalized spacial score (nSPS) is 16.0. The lowest BCUT2D eigenvalue weighted by Gasteiger charge is -2.27. The Balaban J connectivity index is 2.27. The monoisotopic (exact) mass is 202 g/mol. The summed E-state index contributed by atoms with van der Waals surface area (Å²) in [6.45, 7) is 3.98. The Morgan fingerprint density at radius 3 is 2.53 bits per heavy atom. The molecule has 3 heteroatoms. The molecule has 1 N–H and O–H groups in total. The summed E-state index contributed by atoms with van der Waals surface area (Å²) in [6.07, 6.45) is 2.36. The highest BCUT2D eigenvalue weighted by Gasteiger charge is 2.18. The Morgan fingerprint density at radius 1 is 1.20 bits per heavy atom. The summed E-state index contributed by atoms with van der Waals surface area (Å²) in [4.78, 5) is 11.6. The molecule has 0 atom stereocenters. The lowest BCUT2D eigenvalue weighted by molar-refractivity contribution is -0.118. The minimum Gasteiger partial charge on any atom is -0.296 e. The Morgan fingerprint density at radius 2 is 1.87 bits per heavy atom. The van der Waals surface area contributed by atoms with Crippen LogP contribution >= 0.6 is 0 Å². The summed E-state index contributed by atoms with van der Waals surface area (Å²) in [5.74, 6) is 0.0736. The van der Waals surface area contributed by atoms with Gasteiger partial charge in [0, 0.05) is 12.1 Å². The number of nitrogens with one attached hydrogen (secondary N) is 1. The fourth-order valence-corrected chi connectivity index (χ4v) is 1.52. The largest absolute Gasteiger partial charge is 0.296 e. The van der Waals surface area contributed by atoms with Gasteiger partial charge in [0.25, 0.3) is 0 Å². The molecule has 1 heterocycles. The average Bonchev–Trinajstić information content (AvgIpc) is 2.23. The van der Waals surface area contributed by atoms with Crippen LogP contribution in [0.2, 0.25) is 0 Å². The molecule has 0 unspecified atom stereocenters. The van der Waals surface area contributed by atoms with Crippen LogP contribution in [0.25, 0.3) is 0 Å². The molecule has 1 aliphatic rings. The van der Waals surface area contributed by atoms with Crippen LogP contribution in [0.1, 0.15) is 18.9 Å². The molecule has 1 aromatic carbocycles. The quantitative estimate of drug-likeness (QED) is 0.756. The number of nitrogens with zero attached hydrogens (tertiary/aromatic N) is 1. The van der Waals surface area contributed by atoms with Gasteiger partial charge in [0.1, 0.15) is 0 Å². The Bertz CT molecular complexity index is 406. The van der Waals surface area contributed by atoms with Gasteiger partial charge in [-0.1, -0.05) is 23.8 Å². The van der Waals surface area contributed by atoms with Crippen molar-refractivity contribution in [3.05, 3.63) is 41.6 Å². The highest BCUT2D eigenvalue weighted by Crippen LogP contribution is 2.17. The molecule has 15 heavy (non-hydrogen) atoms. The Hall–Kier alpha value is -1.77. The minimum atomic E-state index is 0.0736. The summed E-state index contributed by atoms with van der Waals surface area (Å²) in [6, 6.07) is 7.88. The van der Waals surface area contributed by atoms with E-state index in [0.29, 0.717) is 6.42 Å². The summed E-state index contributed by atoms with van der Waals surface area (Å²) in [7, 11) is 0. The van der Waals surface area contributed by atoms with Crippen LogP contribution in [0.5, 0.6) is 0 Å². The number of carbonyl (C=O) groups is 1. The third-order valence-corrected chi connectivity index (χ3v) is 2.41. The van der Waals surface area contributed by atoms with Crippen LogP contribution in [-0.4, -0.2) is 5.91 Å². The van der Waals surface area contributed by atoms with Crippen molar-refractivity contribution in [3.8, 4) is 0 Å². The van der Waals surface area contributed by atoms with E-state index in [1.54, 1.807) is 5.01 Å². The maximum atomic E-state index is 11.6. The second-order valence-electron chi connectivity index (χ2n) is 3.77. The summed E-state index contributed by atoms with van der Waals surface area (Å²) in [5.41, 5.74) is 6.13. The predicted octanol–water partition coefficient (Wildman–Crippen LogP) is 2.14. The van der Waals surface area contributed by atoms with Crippen molar-refractivity contribution < 1.29 is 4.79 Å². The molecular weight excluding hydrogens is 188 g/mol. The van der Waals surface area contributed by atoms with Crippen molar-refractivity contribution in [1.29, 1.82) is 0 Å². The molecule has 0 saturated heterocycles. The molecular formula is C12H14N2O. The van der Waals surface area contributed by atoms with Gasteiger partial charge in [-0.2, -0.15) is 0 Å². The number of hydrazine groups is 1. The van der Waals surface area contributed by atoms with Crippen LogP contribution in [0.3, 0.4) is 0 Å². The van der Waals surface area contributed by atoms with Gasteiger partial charge in [-0.3, -0.25) is 10.2 Å². The van der Waals surface area contributed by atoms with Gasteiger partial charge in [-0.15, -0.1) is 0 Å². The first-order chi connectivity index (χ1) is 7.16. The van der Waals surface area contributed by atoms with E-state index in [9.17, 15) is 4.79 Å². The van der Waals surface area contributed by atoms with Gasteiger partial charge < -0.3 is 0 Å². The fraction of sp³-hybridized carbons (Fsp3) is 0.250. The van der Waals surface area contributed by atoms with Gasteiger partial charge in [0.05, 0.1) is 5.69 Å². The molecule has 1 amide bonds. The molecule has 2 rings (SSSR count). The third-order valence-electron chi connectivity index (χ3n) is 2.41. The van der Waals surface area contributed by atoms with E-state index in [2.05, 4.69) is 5.43 Å². The maximum Gasteiger partial charge on any atom is 0.249 e. The number of rotatable bonds is 1. The molecule has 0 bridgehead atoms. The Labute approximate surface area is 89.4 Å². The third kappa shape index (κ3) is 2.01. The molecule has 0 spiro atoms. The number of aryl methyl sites for hydroxylation is 1. The van der Waals surface area contributed by atoms with Gasteiger partial charge in [0.2, 0.25) is 5.91 Å². The van der Waals surface area contributed by atoms with Crippen molar-refractivity contribution in [3.63, 3.8) is 0 Å². The number of hydrogen-bond acceptors (Lipinski definition) is 2. The highest BCUT2D eigenvalue weighted by atomic mass is 16.2. The van der Waals surface area contributed by atoms with Crippen molar-refractivity contribution in [1.82, 2.24) is 5.43 Å². The number of amides is 1. The van der Waals surface area contributed by atoms with Crippen LogP contribution < -0.4 is 10.4 Å². The summed E-state index contributed by atoms with van der Waals surface area (Å²) < 4.78 is 0. The first-order valence-corrected chi connectivity index (χ1v) is 5.00. The van der Waals surface area contributed by atoms with Crippen molar-refractivity contribution in [2.24, 2.45) is 0 Å². The zero-order valence-corrected chi connectivity index (χ0v) is 8.95.